The Labute approximate surface area is 185 Å². The predicted octanol–water partition coefficient (Wildman–Crippen LogP) is 6.08. The molecule has 0 saturated carbocycles. The summed E-state index contributed by atoms with van der Waals surface area (Å²) < 4.78 is 53.5. The van der Waals surface area contributed by atoms with Crippen molar-refractivity contribution in [1.82, 2.24) is 4.57 Å². The number of nitrogens with zero attached hydrogens (tertiary/aromatic N) is 2. The van der Waals surface area contributed by atoms with Crippen LogP contribution in [0.2, 0.25) is 0 Å². The molecule has 1 aromatic heterocycles. The first kappa shape index (κ1) is 22.6. The Bertz CT molecular complexity index is 1210. The van der Waals surface area contributed by atoms with E-state index in [-0.39, 0.29) is 6.16 Å². The Hall–Kier alpha value is -2.54. The molecule has 0 radical (unpaired) electrons. The molecule has 0 spiro atoms. The zero-order chi connectivity index (χ0) is 22.9. The van der Waals surface area contributed by atoms with Crippen LogP contribution in [0.4, 0.5) is 14.5 Å². The molecule has 32 heavy (non-hydrogen) atoms. The Morgan fingerprint density at radius 1 is 1.06 bits per heavy atom. The van der Waals surface area contributed by atoms with Gasteiger partial charge in [0.2, 0.25) is 0 Å². The maximum absolute atomic E-state index is 14.1. The molecule has 2 aromatic carbocycles. The van der Waals surface area contributed by atoms with E-state index in [0.29, 0.717) is 37.2 Å². The lowest BCUT2D eigenvalue weighted by atomic mass is 10.1. The summed E-state index contributed by atoms with van der Waals surface area (Å²) in [7, 11) is -3.18. The molecule has 1 N–H and O–H groups in total. The van der Waals surface area contributed by atoms with Crippen LogP contribution in [-0.2, 0) is 32.9 Å². The van der Waals surface area contributed by atoms with Crippen molar-refractivity contribution in [3.8, 4) is 0 Å². The molecule has 0 aliphatic carbocycles. The van der Waals surface area contributed by atoms with E-state index in [0.717, 1.165) is 28.3 Å². The first-order valence-electron chi connectivity index (χ1n) is 10.6. The van der Waals surface area contributed by atoms with E-state index in [1.807, 2.05) is 35.8 Å². The summed E-state index contributed by atoms with van der Waals surface area (Å²) in [5.41, 5.74) is 4.04. The Kier molecular flexibility index (Phi) is 6.47. The number of fused-ring (bicyclic) bond motifs is 3. The van der Waals surface area contributed by atoms with E-state index in [1.165, 1.54) is 12.1 Å². The number of rotatable bonds is 8. The topological polar surface area (TPSA) is 64.8 Å². The van der Waals surface area contributed by atoms with Gasteiger partial charge in [0.25, 0.3) is 0 Å². The number of hydrogen-bond donors (Lipinski definition) is 1. The van der Waals surface area contributed by atoms with Gasteiger partial charge in [-0.3, -0.25) is 9.56 Å². The summed E-state index contributed by atoms with van der Waals surface area (Å²) in [5, 5.41) is 3.82. The minimum absolute atomic E-state index is 0.194. The van der Waals surface area contributed by atoms with Crippen molar-refractivity contribution in [3.05, 3.63) is 64.9 Å². The fourth-order valence-electron chi connectivity index (χ4n) is 3.97. The van der Waals surface area contributed by atoms with Crippen molar-refractivity contribution in [1.29, 1.82) is 0 Å². The van der Waals surface area contributed by atoms with E-state index in [4.69, 9.17) is 9.05 Å². The van der Waals surface area contributed by atoms with E-state index < -0.39 is 19.2 Å². The molecule has 9 heteroatoms. The molecule has 0 atom stereocenters. The summed E-state index contributed by atoms with van der Waals surface area (Å²) in [4.78, 5) is 4.44. The summed E-state index contributed by atoms with van der Waals surface area (Å²) in [6.07, 6.45) is 0.194. The number of nitrogens with one attached hydrogen (secondary N) is 1. The van der Waals surface area contributed by atoms with Gasteiger partial charge in [0.05, 0.1) is 48.7 Å². The third kappa shape index (κ3) is 4.49. The molecule has 0 unspecified atom stereocenters. The Balaban J connectivity index is 1.65. The molecular formula is C23H26F2N3O3P. The normalized spacial score (nSPS) is 13.7. The molecule has 3 aromatic rings. The van der Waals surface area contributed by atoms with Crippen LogP contribution < -0.4 is 5.32 Å². The largest absolute Gasteiger partial charge is 0.342 e. The van der Waals surface area contributed by atoms with Crippen molar-refractivity contribution >= 4 is 30.0 Å². The molecule has 4 rings (SSSR count). The Morgan fingerprint density at radius 2 is 1.69 bits per heavy atom. The van der Waals surface area contributed by atoms with Crippen LogP contribution in [0.25, 0.3) is 10.9 Å². The highest BCUT2D eigenvalue weighted by Gasteiger charge is 2.25. The summed E-state index contributed by atoms with van der Waals surface area (Å²) in [6.45, 7) is 6.92. The maximum Gasteiger partial charge on any atom is 0.335 e. The van der Waals surface area contributed by atoms with Gasteiger partial charge in [-0.15, -0.1) is 0 Å². The van der Waals surface area contributed by atoms with Crippen molar-refractivity contribution < 1.29 is 22.4 Å². The lowest BCUT2D eigenvalue weighted by molar-refractivity contribution is 0.219. The number of amidine groups is 1. The SMILES string of the molecule is CCOP(=O)(Cc1ccc(Cn2c3c(c4cc(F)c(F)cc42)NC(C)=NC3)cc1)OCC. The van der Waals surface area contributed by atoms with E-state index in [2.05, 4.69) is 10.3 Å². The van der Waals surface area contributed by atoms with Crippen LogP contribution in [0, 0.1) is 11.6 Å². The Morgan fingerprint density at radius 3 is 2.34 bits per heavy atom. The molecule has 0 saturated heterocycles. The minimum atomic E-state index is -3.18. The number of hydrogen-bond acceptors (Lipinski definition) is 5. The predicted molar refractivity (Wildman–Crippen MR) is 122 cm³/mol. The van der Waals surface area contributed by atoms with Gasteiger partial charge in [-0.1, -0.05) is 24.3 Å². The van der Waals surface area contributed by atoms with Crippen molar-refractivity contribution in [2.45, 2.75) is 40.0 Å². The highest BCUT2D eigenvalue weighted by atomic mass is 31.2. The van der Waals surface area contributed by atoms with Crippen LogP contribution in [0.3, 0.4) is 0 Å². The summed E-state index contributed by atoms with van der Waals surface area (Å²) >= 11 is 0. The molecule has 0 bridgehead atoms. The molecule has 2 heterocycles. The smallest absolute Gasteiger partial charge is 0.335 e. The summed E-state index contributed by atoms with van der Waals surface area (Å²) in [6, 6.07) is 10.1. The molecule has 1 aliphatic heterocycles. The second kappa shape index (κ2) is 9.14. The van der Waals surface area contributed by atoms with Crippen LogP contribution in [-0.4, -0.2) is 23.6 Å². The lowest BCUT2D eigenvalue weighted by Crippen LogP contribution is -2.15. The van der Waals surface area contributed by atoms with Crippen LogP contribution in [0.15, 0.2) is 41.4 Å². The second-order valence-corrected chi connectivity index (χ2v) is 9.69. The van der Waals surface area contributed by atoms with Crippen LogP contribution in [0.1, 0.15) is 37.6 Å². The maximum atomic E-state index is 14.1. The van der Waals surface area contributed by atoms with Gasteiger partial charge >= 0.3 is 7.60 Å². The summed E-state index contributed by atoms with van der Waals surface area (Å²) in [5.74, 6) is -1.03. The number of anilines is 1. The third-order valence-electron chi connectivity index (χ3n) is 5.38. The molecule has 170 valence electrons. The number of benzene rings is 2. The van der Waals surface area contributed by atoms with Gasteiger partial charge < -0.3 is 18.9 Å². The van der Waals surface area contributed by atoms with Crippen molar-refractivity contribution in [2.75, 3.05) is 18.5 Å². The third-order valence-corrected chi connectivity index (χ3v) is 7.43. The standard InChI is InChI=1S/C23H26F2N3O3P/c1-4-30-32(29,31-5-2)14-17-8-6-16(7-9-17)13-28-21-11-20(25)19(24)10-18(21)23-22(28)12-26-15(3)27-23/h6-11H,4-5,12-14H2,1-3H3,(H,26,27). The highest BCUT2D eigenvalue weighted by molar-refractivity contribution is 7.53. The molecule has 0 amide bonds. The van der Waals surface area contributed by atoms with Crippen molar-refractivity contribution in [3.63, 3.8) is 0 Å². The van der Waals surface area contributed by atoms with Gasteiger partial charge in [-0.05, 0) is 38.0 Å². The average Bonchev–Trinajstić information content (AvgIpc) is 3.02. The average molecular weight is 461 g/mol. The monoisotopic (exact) mass is 461 g/mol. The highest BCUT2D eigenvalue weighted by Crippen LogP contribution is 2.51. The van der Waals surface area contributed by atoms with Crippen LogP contribution in [0.5, 0.6) is 0 Å². The van der Waals surface area contributed by atoms with Gasteiger partial charge in [0.15, 0.2) is 11.6 Å². The molecule has 0 fully saturated rings. The number of halogens is 2. The van der Waals surface area contributed by atoms with Gasteiger partial charge in [-0.25, -0.2) is 8.78 Å². The lowest BCUT2D eigenvalue weighted by Gasteiger charge is -2.18. The molecule has 1 aliphatic rings. The second-order valence-electron chi connectivity index (χ2n) is 7.64. The van der Waals surface area contributed by atoms with Crippen molar-refractivity contribution in [2.24, 2.45) is 4.99 Å². The van der Waals surface area contributed by atoms with E-state index in [1.54, 1.807) is 13.8 Å². The van der Waals surface area contributed by atoms with Gasteiger partial charge in [-0.2, -0.15) is 0 Å². The first-order valence-corrected chi connectivity index (χ1v) is 12.3. The fourth-order valence-corrected chi connectivity index (χ4v) is 5.67. The van der Waals surface area contributed by atoms with E-state index >= 15 is 0 Å². The van der Waals surface area contributed by atoms with Crippen LogP contribution >= 0.6 is 7.60 Å². The van der Waals surface area contributed by atoms with E-state index in [9.17, 15) is 13.3 Å². The first-order chi connectivity index (χ1) is 15.3. The number of aliphatic imine (C=N–C) groups is 1. The quantitative estimate of drug-likeness (QED) is 0.413. The zero-order valence-electron chi connectivity index (χ0n) is 18.3. The minimum Gasteiger partial charge on any atom is -0.342 e. The van der Waals surface area contributed by atoms with Gasteiger partial charge in [0, 0.05) is 18.0 Å². The fraction of sp³-hybridized carbons (Fsp3) is 0.348. The molecular weight excluding hydrogens is 435 g/mol. The number of aromatic nitrogens is 1. The molecule has 6 nitrogen and oxygen atoms in total. The zero-order valence-corrected chi connectivity index (χ0v) is 19.2. The van der Waals surface area contributed by atoms with Gasteiger partial charge in [0.1, 0.15) is 0 Å².